The van der Waals surface area contributed by atoms with Crippen LogP contribution in [-0.4, -0.2) is 20.2 Å². The summed E-state index contributed by atoms with van der Waals surface area (Å²) in [6.45, 7) is 1.91. The van der Waals surface area contributed by atoms with Gasteiger partial charge in [-0.05, 0) is 24.1 Å². The van der Waals surface area contributed by atoms with E-state index < -0.39 is 5.97 Å². The smallest absolute Gasteiger partial charge is 0.338 e. The van der Waals surface area contributed by atoms with E-state index in [-0.39, 0.29) is 0 Å². The second-order valence-electron chi connectivity index (χ2n) is 3.17. The zero-order valence-electron chi connectivity index (χ0n) is 9.53. The molecule has 16 heavy (non-hydrogen) atoms. The minimum absolute atomic E-state index is 0.389. The number of methoxy groups -OCH3 is 2. The van der Waals surface area contributed by atoms with Crippen LogP contribution in [0.25, 0.3) is 0 Å². The highest BCUT2D eigenvalue weighted by Crippen LogP contribution is 2.24. The number of rotatable bonds is 3. The molecule has 0 bridgehead atoms. The first-order chi connectivity index (χ1) is 7.67. The second-order valence-corrected chi connectivity index (χ2v) is 3.17. The second kappa shape index (κ2) is 5.17. The summed E-state index contributed by atoms with van der Waals surface area (Å²) in [5.74, 6) is -0.0280. The highest BCUT2D eigenvalue weighted by atomic mass is 16.5. The number of benzene rings is 1. The minimum Gasteiger partial charge on any atom is -0.495 e. The van der Waals surface area contributed by atoms with Gasteiger partial charge in [0.15, 0.2) is 0 Å². The summed E-state index contributed by atoms with van der Waals surface area (Å²) in [7, 11) is 2.79. The lowest BCUT2D eigenvalue weighted by atomic mass is 10.0. The number of ether oxygens (including phenoxy) is 2. The summed E-state index contributed by atoms with van der Waals surface area (Å²) in [6, 6.07) is 5.23. The molecule has 1 aromatic rings. The van der Waals surface area contributed by atoms with E-state index in [1.54, 1.807) is 12.1 Å². The van der Waals surface area contributed by atoms with Crippen molar-refractivity contribution in [3.63, 3.8) is 0 Å². The molecule has 0 radical (unpaired) electrons. The van der Waals surface area contributed by atoms with Gasteiger partial charge in [-0.15, -0.1) is 0 Å². The van der Waals surface area contributed by atoms with Gasteiger partial charge in [0, 0.05) is 0 Å². The molecule has 0 atom stereocenters. The largest absolute Gasteiger partial charge is 0.495 e. The van der Waals surface area contributed by atoms with Crippen molar-refractivity contribution in [3.8, 4) is 11.8 Å². The van der Waals surface area contributed by atoms with E-state index in [0.717, 1.165) is 5.56 Å². The number of hydrogen-bond donors (Lipinski definition) is 0. The Morgan fingerprint density at radius 1 is 1.44 bits per heavy atom. The molecule has 0 N–H and O–H groups in total. The first kappa shape index (κ1) is 12.1. The molecule has 84 valence electrons. The van der Waals surface area contributed by atoms with Gasteiger partial charge in [-0.3, -0.25) is 0 Å². The topological polar surface area (TPSA) is 59.3 Å². The normalized spacial score (nSPS) is 9.38. The van der Waals surface area contributed by atoms with Crippen molar-refractivity contribution in [2.45, 2.75) is 13.3 Å². The Hall–Kier alpha value is -2.02. The van der Waals surface area contributed by atoms with E-state index in [9.17, 15) is 4.79 Å². The zero-order valence-corrected chi connectivity index (χ0v) is 9.53. The highest BCUT2D eigenvalue weighted by Gasteiger charge is 2.15. The lowest BCUT2D eigenvalue weighted by molar-refractivity contribution is 0.0599. The molecule has 1 rings (SSSR count). The predicted octanol–water partition coefficient (Wildman–Crippen LogP) is 1.92. The van der Waals surface area contributed by atoms with E-state index in [1.165, 1.54) is 14.2 Å². The third kappa shape index (κ3) is 2.14. The first-order valence-electron chi connectivity index (χ1n) is 4.87. The van der Waals surface area contributed by atoms with Crippen molar-refractivity contribution in [3.05, 3.63) is 28.8 Å². The van der Waals surface area contributed by atoms with Gasteiger partial charge in [0.2, 0.25) is 0 Å². The molecule has 4 nitrogen and oxygen atoms in total. The van der Waals surface area contributed by atoms with Crippen LogP contribution in [0.15, 0.2) is 12.1 Å². The van der Waals surface area contributed by atoms with Crippen LogP contribution < -0.4 is 4.74 Å². The third-order valence-corrected chi connectivity index (χ3v) is 2.33. The summed E-state index contributed by atoms with van der Waals surface area (Å²) >= 11 is 0. The Kier molecular flexibility index (Phi) is 3.90. The Balaban J connectivity index is 3.38. The van der Waals surface area contributed by atoms with Crippen molar-refractivity contribution >= 4 is 5.97 Å². The molecule has 0 aliphatic carbocycles. The van der Waals surface area contributed by atoms with Crippen LogP contribution >= 0.6 is 0 Å². The van der Waals surface area contributed by atoms with E-state index in [0.29, 0.717) is 23.3 Å². The Bertz CT molecular complexity index is 446. The van der Waals surface area contributed by atoms with Crippen LogP contribution in [0.5, 0.6) is 5.75 Å². The average Bonchev–Trinajstić information content (AvgIpc) is 2.35. The summed E-state index contributed by atoms with van der Waals surface area (Å²) < 4.78 is 9.72. The van der Waals surface area contributed by atoms with Gasteiger partial charge in [-0.25, -0.2) is 4.79 Å². The number of hydrogen-bond acceptors (Lipinski definition) is 4. The van der Waals surface area contributed by atoms with Gasteiger partial charge >= 0.3 is 5.97 Å². The molecule has 0 saturated heterocycles. The van der Waals surface area contributed by atoms with E-state index >= 15 is 0 Å². The summed E-state index contributed by atoms with van der Waals surface area (Å²) in [5.41, 5.74) is 1.65. The Morgan fingerprint density at radius 3 is 2.56 bits per heavy atom. The molecular formula is C12H13NO3. The maximum absolute atomic E-state index is 11.5. The van der Waals surface area contributed by atoms with Crippen molar-refractivity contribution < 1.29 is 14.3 Å². The predicted molar refractivity (Wildman–Crippen MR) is 58.4 cm³/mol. The number of carbonyl (C=O) groups excluding carboxylic acids is 1. The van der Waals surface area contributed by atoms with Gasteiger partial charge in [-0.1, -0.05) is 6.92 Å². The molecule has 0 spiro atoms. The van der Waals surface area contributed by atoms with Crippen LogP contribution in [0.2, 0.25) is 0 Å². The molecular weight excluding hydrogens is 206 g/mol. The SMILES string of the molecule is CCc1cc(C#N)c(OC)cc1C(=O)OC. The molecule has 0 saturated carbocycles. The van der Waals surface area contributed by atoms with Crippen molar-refractivity contribution in [1.82, 2.24) is 0 Å². The van der Waals surface area contributed by atoms with Crippen LogP contribution in [-0.2, 0) is 11.2 Å². The number of esters is 1. The van der Waals surface area contributed by atoms with Crippen LogP contribution in [0.1, 0.15) is 28.4 Å². The van der Waals surface area contributed by atoms with Crippen molar-refractivity contribution in [2.75, 3.05) is 14.2 Å². The summed E-state index contributed by atoms with van der Waals surface area (Å²) in [4.78, 5) is 11.5. The molecule has 4 heteroatoms. The molecule has 0 heterocycles. The van der Waals surface area contributed by atoms with E-state index in [2.05, 4.69) is 4.74 Å². The van der Waals surface area contributed by atoms with Crippen LogP contribution in [0.4, 0.5) is 0 Å². The molecule has 0 amide bonds. The summed E-state index contributed by atoms with van der Waals surface area (Å²) in [5, 5.41) is 8.91. The van der Waals surface area contributed by atoms with Crippen LogP contribution in [0, 0.1) is 11.3 Å². The van der Waals surface area contributed by atoms with Gasteiger partial charge in [0.05, 0.1) is 25.3 Å². The van der Waals surface area contributed by atoms with Gasteiger partial charge < -0.3 is 9.47 Å². The van der Waals surface area contributed by atoms with Crippen molar-refractivity contribution in [2.24, 2.45) is 0 Å². The van der Waals surface area contributed by atoms with E-state index in [1.807, 2.05) is 13.0 Å². The average molecular weight is 219 g/mol. The van der Waals surface area contributed by atoms with Gasteiger partial charge in [-0.2, -0.15) is 5.26 Å². The Labute approximate surface area is 94.4 Å². The number of carbonyl (C=O) groups is 1. The molecule has 0 aliphatic heterocycles. The lowest BCUT2D eigenvalue weighted by Gasteiger charge is -2.09. The molecule has 1 aromatic carbocycles. The van der Waals surface area contributed by atoms with Crippen molar-refractivity contribution in [1.29, 1.82) is 5.26 Å². The van der Waals surface area contributed by atoms with Gasteiger partial charge in [0.1, 0.15) is 11.8 Å². The molecule has 0 aliphatic rings. The summed E-state index contributed by atoms with van der Waals surface area (Å²) in [6.07, 6.45) is 0.656. The minimum atomic E-state index is -0.417. The molecule has 0 unspecified atom stereocenters. The number of aryl methyl sites for hydroxylation is 1. The number of nitrogens with zero attached hydrogens (tertiary/aromatic N) is 1. The quantitative estimate of drug-likeness (QED) is 0.728. The van der Waals surface area contributed by atoms with Crippen LogP contribution in [0.3, 0.4) is 0 Å². The molecule has 0 fully saturated rings. The first-order valence-corrected chi connectivity index (χ1v) is 4.87. The van der Waals surface area contributed by atoms with Gasteiger partial charge in [0.25, 0.3) is 0 Å². The fraction of sp³-hybridized carbons (Fsp3) is 0.333. The fourth-order valence-corrected chi connectivity index (χ4v) is 1.47. The lowest BCUT2D eigenvalue weighted by Crippen LogP contribution is -2.06. The Morgan fingerprint density at radius 2 is 2.12 bits per heavy atom. The van der Waals surface area contributed by atoms with E-state index in [4.69, 9.17) is 10.00 Å². The fourth-order valence-electron chi connectivity index (χ4n) is 1.47. The number of nitriles is 1. The standard InChI is InChI=1S/C12H13NO3/c1-4-8-5-9(7-13)11(15-2)6-10(8)12(14)16-3/h5-6H,4H2,1-3H3. The molecule has 0 aromatic heterocycles. The third-order valence-electron chi connectivity index (χ3n) is 2.33. The maximum Gasteiger partial charge on any atom is 0.338 e. The maximum atomic E-state index is 11.5. The highest BCUT2D eigenvalue weighted by molar-refractivity contribution is 5.92. The monoisotopic (exact) mass is 219 g/mol. The zero-order chi connectivity index (χ0) is 12.1.